The van der Waals surface area contributed by atoms with E-state index in [2.05, 4.69) is 0 Å². The fourth-order valence-corrected chi connectivity index (χ4v) is 5.00. The maximum atomic E-state index is 12.8. The van der Waals surface area contributed by atoms with Gasteiger partial charge in [0.1, 0.15) is 5.75 Å². The van der Waals surface area contributed by atoms with Gasteiger partial charge in [0, 0.05) is 18.0 Å². The van der Waals surface area contributed by atoms with E-state index in [-0.39, 0.29) is 17.2 Å². The first kappa shape index (κ1) is 15.9. The molecule has 0 saturated heterocycles. The van der Waals surface area contributed by atoms with E-state index in [0.717, 1.165) is 11.6 Å². The average Bonchev–Trinajstić information content (AvgIpc) is 3.01. The molecular weight excluding hydrogens is 340 g/mol. The molecule has 0 amide bonds. The maximum absolute atomic E-state index is 12.8. The molecule has 3 rings (SSSR count). The Morgan fingerprint density at radius 2 is 2.13 bits per heavy atom. The van der Waals surface area contributed by atoms with E-state index in [1.54, 1.807) is 11.3 Å². The van der Waals surface area contributed by atoms with Crippen molar-refractivity contribution in [1.82, 2.24) is 4.31 Å². The summed E-state index contributed by atoms with van der Waals surface area (Å²) in [4.78, 5) is 11.4. The molecule has 0 fully saturated rings. The summed E-state index contributed by atoms with van der Waals surface area (Å²) >= 11 is 1.60. The third-order valence-corrected chi connectivity index (χ3v) is 6.67. The average molecular weight is 354 g/mol. The summed E-state index contributed by atoms with van der Waals surface area (Å²) in [7, 11) is -2.57. The molecule has 2 heterocycles. The second kappa shape index (κ2) is 5.91. The molecule has 0 radical (unpaired) electrons. The van der Waals surface area contributed by atoms with E-state index in [1.165, 1.54) is 28.4 Å². The highest BCUT2D eigenvalue weighted by atomic mass is 32.2. The van der Waals surface area contributed by atoms with Crippen molar-refractivity contribution >= 4 is 27.0 Å². The summed E-state index contributed by atoms with van der Waals surface area (Å²) in [5, 5.41) is 13.2. The summed E-state index contributed by atoms with van der Waals surface area (Å²) in [6.45, 7) is 0.559. The Kier molecular flexibility index (Phi) is 4.09. The van der Waals surface area contributed by atoms with Crippen molar-refractivity contribution in [2.24, 2.45) is 0 Å². The summed E-state index contributed by atoms with van der Waals surface area (Å²) in [6.07, 6.45) is 0.621. The molecule has 122 valence electrons. The number of benzene rings is 1. The van der Waals surface area contributed by atoms with Crippen LogP contribution >= 0.6 is 11.3 Å². The van der Waals surface area contributed by atoms with E-state index in [1.807, 2.05) is 11.4 Å². The number of hydrogen-bond donors (Lipinski definition) is 0. The van der Waals surface area contributed by atoms with Crippen LogP contribution in [0.3, 0.4) is 0 Å². The van der Waals surface area contributed by atoms with Gasteiger partial charge in [-0.25, -0.2) is 8.42 Å². The van der Waals surface area contributed by atoms with Crippen molar-refractivity contribution in [3.8, 4) is 5.75 Å². The molecule has 2 aromatic rings. The molecule has 0 saturated carbocycles. The van der Waals surface area contributed by atoms with Crippen molar-refractivity contribution in [3.63, 3.8) is 0 Å². The number of nitro benzene ring substituents is 1. The number of ether oxygens (including phenoxy) is 1. The quantitative estimate of drug-likeness (QED) is 0.621. The lowest BCUT2D eigenvalue weighted by Gasteiger charge is -2.26. The number of hydrogen-bond acceptors (Lipinski definition) is 6. The number of fused-ring (bicyclic) bond motifs is 1. The van der Waals surface area contributed by atoms with Gasteiger partial charge in [-0.3, -0.25) is 10.1 Å². The first-order chi connectivity index (χ1) is 10.9. The normalized spacial score (nSPS) is 15.2. The van der Waals surface area contributed by atoms with Gasteiger partial charge in [0.2, 0.25) is 10.0 Å². The van der Waals surface area contributed by atoms with Crippen LogP contribution in [0.2, 0.25) is 0 Å². The molecular formula is C14H14N2O5S2. The van der Waals surface area contributed by atoms with E-state index in [4.69, 9.17) is 4.74 Å². The number of sulfonamides is 1. The Bertz CT molecular complexity index is 860. The third kappa shape index (κ3) is 2.82. The van der Waals surface area contributed by atoms with E-state index in [9.17, 15) is 18.5 Å². The first-order valence-electron chi connectivity index (χ1n) is 6.81. The van der Waals surface area contributed by atoms with Gasteiger partial charge >= 0.3 is 0 Å². The molecule has 1 aromatic heterocycles. The summed E-state index contributed by atoms with van der Waals surface area (Å²) < 4.78 is 31.9. The largest absolute Gasteiger partial charge is 0.497 e. The zero-order valence-electron chi connectivity index (χ0n) is 12.3. The molecule has 0 spiro atoms. The number of thiophene rings is 1. The number of nitro groups is 1. The smallest absolute Gasteiger partial charge is 0.293 e. The highest BCUT2D eigenvalue weighted by molar-refractivity contribution is 7.89. The predicted molar refractivity (Wildman–Crippen MR) is 85.3 cm³/mol. The van der Waals surface area contributed by atoms with Crippen LogP contribution in [0.5, 0.6) is 5.75 Å². The molecule has 0 atom stereocenters. The van der Waals surface area contributed by atoms with Crippen LogP contribution in [-0.2, 0) is 23.0 Å². The fraction of sp³-hybridized carbons (Fsp3) is 0.286. The lowest BCUT2D eigenvalue weighted by atomic mass is 10.1. The zero-order valence-corrected chi connectivity index (χ0v) is 13.9. The molecule has 7 nitrogen and oxygen atoms in total. The Morgan fingerprint density at radius 1 is 1.35 bits per heavy atom. The SMILES string of the molecule is COc1ccc(S(=O)(=O)N2CCc3sccc3C2)c([N+](=O)[O-])c1. The molecule has 1 aliphatic heterocycles. The first-order valence-corrected chi connectivity index (χ1v) is 9.13. The second-order valence-corrected chi connectivity index (χ2v) is 7.96. The van der Waals surface area contributed by atoms with Gasteiger partial charge in [0.25, 0.3) is 5.69 Å². The summed E-state index contributed by atoms with van der Waals surface area (Å²) in [5.74, 6) is 0.245. The van der Waals surface area contributed by atoms with Gasteiger partial charge in [-0.1, -0.05) is 0 Å². The van der Waals surface area contributed by atoms with Crippen LogP contribution in [0.15, 0.2) is 34.5 Å². The Balaban J connectivity index is 2.02. The van der Waals surface area contributed by atoms with Crippen molar-refractivity contribution in [2.45, 2.75) is 17.9 Å². The fourth-order valence-electron chi connectivity index (χ4n) is 2.55. The summed E-state index contributed by atoms with van der Waals surface area (Å²) in [6, 6.07) is 5.67. The topological polar surface area (TPSA) is 89.8 Å². The number of methoxy groups -OCH3 is 1. The van der Waals surface area contributed by atoms with Crippen molar-refractivity contribution < 1.29 is 18.1 Å². The maximum Gasteiger partial charge on any atom is 0.293 e. The van der Waals surface area contributed by atoms with Crippen molar-refractivity contribution in [3.05, 3.63) is 50.2 Å². The van der Waals surface area contributed by atoms with E-state index >= 15 is 0 Å². The van der Waals surface area contributed by atoms with Crippen molar-refractivity contribution in [2.75, 3.05) is 13.7 Å². The van der Waals surface area contributed by atoms with Crippen LogP contribution < -0.4 is 4.74 Å². The molecule has 0 unspecified atom stereocenters. The van der Waals surface area contributed by atoms with E-state index < -0.39 is 20.6 Å². The highest BCUT2D eigenvalue weighted by Crippen LogP contribution is 2.33. The van der Waals surface area contributed by atoms with Crippen LogP contribution in [0, 0.1) is 10.1 Å². The lowest BCUT2D eigenvalue weighted by molar-refractivity contribution is -0.387. The Hall–Kier alpha value is -1.97. The van der Waals surface area contributed by atoms with Gasteiger partial charge in [0.05, 0.1) is 18.1 Å². The van der Waals surface area contributed by atoms with Crippen LogP contribution in [0.25, 0.3) is 0 Å². The van der Waals surface area contributed by atoms with Gasteiger partial charge in [-0.05, 0) is 35.6 Å². The minimum Gasteiger partial charge on any atom is -0.497 e. The molecule has 9 heteroatoms. The predicted octanol–water partition coefficient (Wildman–Crippen LogP) is 2.41. The van der Waals surface area contributed by atoms with Gasteiger partial charge < -0.3 is 4.74 Å². The molecule has 0 bridgehead atoms. The number of rotatable bonds is 4. The highest BCUT2D eigenvalue weighted by Gasteiger charge is 2.34. The minimum absolute atomic E-state index is 0.240. The van der Waals surface area contributed by atoms with Crippen LogP contribution in [0.1, 0.15) is 10.4 Å². The molecule has 23 heavy (non-hydrogen) atoms. The monoisotopic (exact) mass is 354 g/mol. The molecule has 1 aromatic carbocycles. The van der Waals surface area contributed by atoms with Crippen LogP contribution in [-0.4, -0.2) is 31.3 Å². The minimum atomic E-state index is -3.94. The molecule has 1 aliphatic rings. The Morgan fingerprint density at radius 3 is 2.83 bits per heavy atom. The lowest BCUT2D eigenvalue weighted by Crippen LogP contribution is -2.35. The van der Waals surface area contributed by atoms with Gasteiger partial charge in [-0.2, -0.15) is 4.31 Å². The van der Waals surface area contributed by atoms with Gasteiger partial charge in [-0.15, -0.1) is 11.3 Å². The summed E-state index contributed by atoms with van der Waals surface area (Å²) in [5.41, 5.74) is 0.487. The number of nitrogens with zero attached hydrogens (tertiary/aromatic N) is 2. The third-order valence-electron chi connectivity index (χ3n) is 3.75. The molecule has 0 aliphatic carbocycles. The van der Waals surface area contributed by atoms with Gasteiger partial charge in [0.15, 0.2) is 4.90 Å². The molecule has 0 N–H and O–H groups in total. The zero-order chi connectivity index (χ0) is 16.6. The van der Waals surface area contributed by atoms with E-state index in [0.29, 0.717) is 13.0 Å². The van der Waals surface area contributed by atoms with Crippen molar-refractivity contribution in [1.29, 1.82) is 0 Å². The van der Waals surface area contributed by atoms with Crippen LogP contribution in [0.4, 0.5) is 5.69 Å². The second-order valence-electron chi connectivity index (χ2n) is 5.05. The standard InChI is InChI=1S/C14H14N2O5S2/c1-21-11-2-3-14(12(8-11)16(17)18)23(19,20)15-6-4-13-10(9-15)5-7-22-13/h2-3,5,7-8H,4,6,9H2,1H3. The Labute approximate surface area is 137 Å².